The van der Waals surface area contributed by atoms with Crippen LogP contribution in [0.4, 0.5) is 0 Å². The van der Waals surface area contributed by atoms with Gasteiger partial charge in [0.1, 0.15) is 0 Å². The standard InChI is InChI=1S/C19H24N2O2.ClH/c1-14(12-18(22)16-10-6-3-7-11-16)21-19(23)13-17(20)15-8-4-2-5-9-15;/h2-11,14,17-18,22H,12-13,20H2,1H3,(H,21,23);1H. The molecule has 0 aliphatic rings. The number of rotatable bonds is 7. The Morgan fingerprint density at radius 3 is 2.08 bits per heavy atom. The summed E-state index contributed by atoms with van der Waals surface area (Å²) >= 11 is 0. The van der Waals surface area contributed by atoms with E-state index in [2.05, 4.69) is 5.32 Å². The molecule has 24 heavy (non-hydrogen) atoms. The molecule has 3 atom stereocenters. The van der Waals surface area contributed by atoms with Crippen molar-refractivity contribution in [3.63, 3.8) is 0 Å². The molecule has 2 aromatic carbocycles. The van der Waals surface area contributed by atoms with Crippen molar-refractivity contribution in [1.29, 1.82) is 0 Å². The number of carbonyl (C=O) groups excluding carboxylic acids is 1. The van der Waals surface area contributed by atoms with Crippen LogP contribution in [0.25, 0.3) is 0 Å². The van der Waals surface area contributed by atoms with Crippen LogP contribution in [0.15, 0.2) is 60.7 Å². The summed E-state index contributed by atoms with van der Waals surface area (Å²) in [6, 6.07) is 18.6. The lowest BCUT2D eigenvalue weighted by Gasteiger charge is -2.19. The second-order valence-electron chi connectivity index (χ2n) is 5.85. The maximum absolute atomic E-state index is 12.1. The molecule has 0 aromatic heterocycles. The molecule has 4 nitrogen and oxygen atoms in total. The molecule has 2 rings (SSSR count). The van der Waals surface area contributed by atoms with Crippen molar-refractivity contribution in [3.05, 3.63) is 71.8 Å². The van der Waals surface area contributed by atoms with Gasteiger partial charge in [-0.3, -0.25) is 4.79 Å². The highest BCUT2D eigenvalue weighted by atomic mass is 35.5. The minimum Gasteiger partial charge on any atom is -0.388 e. The van der Waals surface area contributed by atoms with Crippen LogP contribution in [-0.2, 0) is 4.79 Å². The summed E-state index contributed by atoms with van der Waals surface area (Å²) in [5, 5.41) is 13.1. The van der Waals surface area contributed by atoms with E-state index in [4.69, 9.17) is 5.73 Å². The molecule has 0 heterocycles. The van der Waals surface area contributed by atoms with Crippen molar-refractivity contribution < 1.29 is 9.90 Å². The first-order chi connectivity index (χ1) is 11.1. The molecule has 0 saturated heterocycles. The Morgan fingerprint density at radius 2 is 1.54 bits per heavy atom. The SMILES string of the molecule is CC(CC(O)c1ccccc1)NC(=O)CC(N)c1ccccc1.Cl. The normalized spacial score (nSPS) is 14.1. The summed E-state index contributed by atoms with van der Waals surface area (Å²) in [5.41, 5.74) is 7.85. The number of halogens is 1. The van der Waals surface area contributed by atoms with E-state index in [0.717, 1.165) is 11.1 Å². The Kier molecular flexibility index (Phi) is 8.47. The first kappa shape index (κ1) is 20.2. The van der Waals surface area contributed by atoms with Crippen LogP contribution in [0.2, 0.25) is 0 Å². The highest BCUT2D eigenvalue weighted by molar-refractivity contribution is 5.85. The van der Waals surface area contributed by atoms with E-state index >= 15 is 0 Å². The van der Waals surface area contributed by atoms with Gasteiger partial charge in [-0.05, 0) is 24.5 Å². The third kappa shape index (κ3) is 6.32. The summed E-state index contributed by atoms with van der Waals surface area (Å²) in [7, 11) is 0. The molecule has 0 fully saturated rings. The Balaban J connectivity index is 0.00000288. The first-order valence-corrected chi connectivity index (χ1v) is 7.89. The van der Waals surface area contributed by atoms with Crippen molar-refractivity contribution in [1.82, 2.24) is 5.32 Å². The lowest BCUT2D eigenvalue weighted by molar-refractivity contribution is -0.122. The Labute approximate surface area is 149 Å². The van der Waals surface area contributed by atoms with Gasteiger partial charge in [-0.15, -0.1) is 12.4 Å². The smallest absolute Gasteiger partial charge is 0.222 e. The maximum Gasteiger partial charge on any atom is 0.222 e. The number of hydrogen-bond acceptors (Lipinski definition) is 3. The van der Waals surface area contributed by atoms with Crippen LogP contribution in [0, 0.1) is 0 Å². The van der Waals surface area contributed by atoms with Crippen molar-refractivity contribution in [2.24, 2.45) is 5.73 Å². The minimum absolute atomic E-state index is 0. The average molecular weight is 349 g/mol. The molecule has 0 radical (unpaired) electrons. The molecule has 3 unspecified atom stereocenters. The van der Waals surface area contributed by atoms with E-state index in [9.17, 15) is 9.90 Å². The summed E-state index contributed by atoms with van der Waals surface area (Å²) < 4.78 is 0. The van der Waals surface area contributed by atoms with Gasteiger partial charge in [-0.1, -0.05) is 60.7 Å². The third-order valence-electron chi connectivity index (χ3n) is 3.80. The van der Waals surface area contributed by atoms with Crippen LogP contribution < -0.4 is 11.1 Å². The van der Waals surface area contributed by atoms with Crippen LogP contribution in [0.1, 0.15) is 43.0 Å². The number of carbonyl (C=O) groups is 1. The Morgan fingerprint density at radius 1 is 1.04 bits per heavy atom. The quantitative estimate of drug-likeness (QED) is 0.719. The van der Waals surface area contributed by atoms with Crippen molar-refractivity contribution >= 4 is 18.3 Å². The van der Waals surface area contributed by atoms with Crippen LogP contribution >= 0.6 is 12.4 Å². The van der Waals surface area contributed by atoms with Crippen LogP contribution in [0.3, 0.4) is 0 Å². The monoisotopic (exact) mass is 348 g/mol. The predicted molar refractivity (Wildman–Crippen MR) is 98.9 cm³/mol. The maximum atomic E-state index is 12.1. The zero-order valence-electron chi connectivity index (χ0n) is 13.8. The molecule has 5 heteroatoms. The Hall–Kier alpha value is -1.88. The largest absolute Gasteiger partial charge is 0.388 e. The lowest BCUT2D eigenvalue weighted by Crippen LogP contribution is -2.35. The van der Waals surface area contributed by atoms with E-state index in [1.807, 2.05) is 67.6 Å². The molecule has 2 aromatic rings. The molecule has 0 aliphatic carbocycles. The summed E-state index contributed by atoms with van der Waals surface area (Å²) in [6.07, 6.45) is 0.112. The third-order valence-corrected chi connectivity index (χ3v) is 3.80. The van der Waals surface area contributed by atoms with Crippen LogP contribution in [0.5, 0.6) is 0 Å². The number of nitrogens with two attached hydrogens (primary N) is 1. The zero-order valence-corrected chi connectivity index (χ0v) is 14.6. The molecule has 1 amide bonds. The summed E-state index contributed by atoms with van der Waals surface area (Å²) in [6.45, 7) is 1.89. The van der Waals surface area contributed by atoms with E-state index < -0.39 is 6.10 Å². The number of benzene rings is 2. The van der Waals surface area contributed by atoms with Gasteiger partial charge in [0, 0.05) is 18.5 Å². The molecule has 0 saturated carbocycles. The van der Waals surface area contributed by atoms with Crippen molar-refractivity contribution in [3.8, 4) is 0 Å². The van der Waals surface area contributed by atoms with E-state index in [-0.39, 0.29) is 36.8 Å². The van der Waals surface area contributed by atoms with E-state index in [0.29, 0.717) is 6.42 Å². The van der Waals surface area contributed by atoms with Gasteiger partial charge < -0.3 is 16.2 Å². The fourth-order valence-electron chi connectivity index (χ4n) is 2.56. The van der Waals surface area contributed by atoms with Gasteiger partial charge in [0.15, 0.2) is 0 Å². The van der Waals surface area contributed by atoms with Gasteiger partial charge in [0.25, 0.3) is 0 Å². The molecule has 0 spiro atoms. The molecule has 0 aliphatic heterocycles. The zero-order chi connectivity index (χ0) is 16.7. The average Bonchev–Trinajstić information content (AvgIpc) is 2.56. The number of aliphatic hydroxyl groups excluding tert-OH is 1. The van der Waals surface area contributed by atoms with Gasteiger partial charge >= 0.3 is 0 Å². The topological polar surface area (TPSA) is 75.3 Å². The molecular formula is C19H25ClN2O2. The van der Waals surface area contributed by atoms with Gasteiger partial charge in [-0.2, -0.15) is 0 Å². The lowest BCUT2D eigenvalue weighted by atomic mass is 10.0. The molecular weight excluding hydrogens is 324 g/mol. The number of aliphatic hydroxyl groups is 1. The van der Waals surface area contributed by atoms with Gasteiger partial charge in [0.2, 0.25) is 5.91 Å². The van der Waals surface area contributed by atoms with Crippen molar-refractivity contribution in [2.45, 2.75) is 38.0 Å². The minimum atomic E-state index is -0.589. The van der Waals surface area contributed by atoms with Gasteiger partial charge in [-0.25, -0.2) is 0 Å². The molecule has 130 valence electrons. The van der Waals surface area contributed by atoms with Crippen molar-refractivity contribution in [2.75, 3.05) is 0 Å². The second-order valence-corrected chi connectivity index (χ2v) is 5.85. The fourth-order valence-corrected chi connectivity index (χ4v) is 2.56. The fraction of sp³-hybridized carbons (Fsp3) is 0.316. The highest BCUT2D eigenvalue weighted by Gasteiger charge is 2.16. The predicted octanol–water partition coefficient (Wildman–Crippen LogP) is 3.13. The summed E-state index contributed by atoms with van der Waals surface area (Å²) in [4.78, 5) is 12.1. The van der Waals surface area contributed by atoms with Gasteiger partial charge in [0.05, 0.1) is 6.10 Å². The number of amides is 1. The second kappa shape index (κ2) is 10.1. The number of hydrogen-bond donors (Lipinski definition) is 3. The van der Waals surface area contributed by atoms with E-state index in [1.54, 1.807) is 0 Å². The van der Waals surface area contributed by atoms with E-state index in [1.165, 1.54) is 0 Å². The first-order valence-electron chi connectivity index (χ1n) is 7.89. The van der Waals surface area contributed by atoms with Crippen LogP contribution in [-0.4, -0.2) is 17.1 Å². The molecule has 4 N–H and O–H groups in total. The highest BCUT2D eigenvalue weighted by Crippen LogP contribution is 2.18. The molecule has 0 bridgehead atoms. The number of nitrogens with one attached hydrogen (secondary N) is 1. The summed E-state index contributed by atoms with van der Waals surface area (Å²) in [5.74, 6) is -0.103. The Bertz CT molecular complexity index is 607.